The quantitative estimate of drug-likeness (QED) is 0.505. The van der Waals surface area contributed by atoms with Gasteiger partial charge in [-0.25, -0.2) is 0 Å². The molecule has 0 aromatic heterocycles. The number of carbonyl (C=O) groups excluding carboxylic acids is 1. The van der Waals surface area contributed by atoms with E-state index in [0.29, 0.717) is 10.7 Å². The Kier molecular flexibility index (Phi) is 4.97. The summed E-state index contributed by atoms with van der Waals surface area (Å²) in [7, 11) is 0. The lowest BCUT2D eigenvalue weighted by atomic mass is 10.2. The van der Waals surface area contributed by atoms with Crippen LogP contribution in [0.25, 0.3) is 0 Å². The zero-order chi connectivity index (χ0) is 15.2. The highest BCUT2D eigenvalue weighted by molar-refractivity contribution is 7.80. The van der Waals surface area contributed by atoms with Crippen molar-refractivity contribution >= 4 is 40.5 Å². The maximum absolute atomic E-state index is 11.8. The van der Waals surface area contributed by atoms with Crippen molar-refractivity contribution in [1.82, 2.24) is 10.9 Å². The number of phenolic OH excluding ortho intramolecular Hbond substituents is 1. The molecule has 2 aromatic carbocycles. The summed E-state index contributed by atoms with van der Waals surface area (Å²) in [6.07, 6.45) is 0. The summed E-state index contributed by atoms with van der Waals surface area (Å²) in [5.74, 6) is -0.603. The molecule has 1 amide bonds. The third kappa shape index (κ3) is 4.34. The van der Waals surface area contributed by atoms with E-state index in [4.69, 9.17) is 23.8 Å². The van der Waals surface area contributed by atoms with Gasteiger partial charge in [-0.2, -0.15) is 0 Å². The van der Waals surface area contributed by atoms with E-state index in [0.717, 1.165) is 0 Å². The van der Waals surface area contributed by atoms with Gasteiger partial charge in [-0.1, -0.05) is 29.8 Å². The van der Waals surface area contributed by atoms with Gasteiger partial charge in [0.25, 0.3) is 5.91 Å². The molecular formula is C14H12ClN3O2S. The molecule has 2 rings (SSSR count). The first-order valence-corrected chi connectivity index (χ1v) is 6.76. The van der Waals surface area contributed by atoms with Gasteiger partial charge in [0.1, 0.15) is 5.75 Å². The monoisotopic (exact) mass is 321 g/mol. The second kappa shape index (κ2) is 6.92. The predicted molar refractivity (Wildman–Crippen MR) is 86.4 cm³/mol. The number of nitrogens with one attached hydrogen (secondary N) is 3. The molecule has 108 valence electrons. The minimum absolute atomic E-state index is 0.106. The molecule has 21 heavy (non-hydrogen) atoms. The van der Waals surface area contributed by atoms with Gasteiger partial charge in [0.05, 0.1) is 5.56 Å². The molecule has 0 aliphatic heterocycles. The molecule has 0 atom stereocenters. The number of hydrazine groups is 1. The number of hydrogen-bond donors (Lipinski definition) is 4. The maximum atomic E-state index is 11.8. The van der Waals surface area contributed by atoms with Crippen LogP contribution in [0.2, 0.25) is 5.02 Å². The van der Waals surface area contributed by atoms with Crippen LogP contribution in [-0.2, 0) is 0 Å². The average Bonchev–Trinajstić information content (AvgIpc) is 2.45. The van der Waals surface area contributed by atoms with Crippen LogP contribution in [0.15, 0.2) is 48.5 Å². The molecule has 0 radical (unpaired) electrons. The standard InChI is InChI=1S/C14H12ClN3O2S/c15-9-4-3-5-10(8-9)16-14(21)18-17-13(20)11-6-1-2-7-12(11)19/h1-8,19H,(H,17,20)(H2,16,18,21). The first-order valence-electron chi connectivity index (χ1n) is 5.97. The minimum atomic E-state index is -0.497. The van der Waals surface area contributed by atoms with Gasteiger partial charge in [0, 0.05) is 10.7 Å². The number of phenols is 1. The second-order valence-electron chi connectivity index (χ2n) is 4.06. The number of carbonyl (C=O) groups is 1. The van der Waals surface area contributed by atoms with Gasteiger partial charge in [-0.05, 0) is 42.5 Å². The van der Waals surface area contributed by atoms with E-state index in [-0.39, 0.29) is 16.4 Å². The van der Waals surface area contributed by atoms with E-state index in [1.165, 1.54) is 12.1 Å². The van der Waals surface area contributed by atoms with E-state index in [1.807, 2.05) is 0 Å². The first kappa shape index (κ1) is 15.1. The fourth-order valence-corrected chi connectivity index (χ4v) is 1.93. The number of hydrogen-bond acceptors (Lipinski definition) is 3. The highest BCUT2D eigenvalue weighted by Gasteiger charge is 2.09. The average molecular weight is 322 g/mol. The molecule has 4 N–H and O–H groups in total. The van der Waals surface area contributed by atoms with E-state index in [2.05, 4.69) is 16.2 Å². The largest absolute Gasteiger partial charge is 0.507 e. The Morgan fingerprint density at radius 2 is 1.86 bits per heavy atom. The van der Waals surface area contributed by atoms with Crippen molar-refractivity contribution in [3.63, 3.8) is 0 Å². The van der Waals surface area contributed by atoms with Crippen LogP contribution >= 0.6 is 23.8 Å². The Morgan fingerprint density at radius 3 is 2.57 bits per heavy atom. The van der Waals surface area contributed by atoms with Crippen LogP contribution in [-0.4, -0.2) is 16.1 Å². The van der Waals surface area contributed by atoms with Gasteiger partial charge < -0.3 is 10.4 Å². The molecule has 0 saturated carbocycles. The lowest BCUT2D eigenvalue weighted by Gasteiger charge is -2.12. The molecule has 0 heterocycles. The molecule has 0 bridgehead atoms. The number of rotatable bonds is 2. The Balaban J connectivity index is 1.90. The van der Waals surface area contributed by atoms with Gasteiger partial charge in [0.15, 0.2) is 5.11 Å². The zero-order valence-corrected chi connectivity index (χ0v) is 12.3. The third-order valence-corrected chi connectivity index (χ3v) is 2.96. The Labute approximate surface area is 131 Å². The van der Waals surface area contributed by atoms with Crippen LogP contribution in [0.4, 0.5) is 5.69 Å². The first-order chi connectivity index (χ1) is 10.1. The fraction of sp³-hybridized carbons (Fsp3) is 0. The number of amides is 1. The molecular weight excluding hydrogens is 310 g/mol. The highest BCUT2D eigenvalue weighted by atomic mass is 35.5. The van der Waals surface area contributed by atoms with E-state index in [9.17, 15) is 9.90 Å². The molecule has 0 fully saturated rings. The molecule has 7 heteroatoms. The summed E-state index contributed by atoms with van der Waals surface area (Å²) in [6.45, 7) is 0. The molecule has 0 saturated heterocycles. The lowest BCUT2D eigenvalue weighted by molar-refractivity contribution is 0.0941. The summed E-state index contributed by atoms with van der Waals surface area (Å²) in [6, 6.07) is 13.2. The summed E-state index contributed by atoms with van der Waals surface area (Å²) in [5, 5.41) is 13.2. The van der Waals surface area contributed by atoms with Crippen molar-refractivity contribution in [2.24, 2.45) is 0 Å². The Morgan fingerprint density at radius 1 is 1.10 bits per heavy atom. The van der Waals surface area contributed by atoms with Crippen molar-refractivity contribution in [3.8, 4) is 5.75 Å². The van der Waals surface area contributed by atoms with Gasteiger partial charge in [0.2, 0.25) is 0 Å². The molecule has 5 nitrogen and oxygen atoms in total. The SMILES string of the molecule is O=C(NNC(=S)Nc1cccc(Cl)c1)c1ccccc1O. The van der Waals surface area contributed by atoms with Crippen molar-refractivity contribution < 1.29 is 9.90 Å². The van der Waals surface area contributed by atoms with Crippen LogP contribution in [0.3, 0.4) is 0 Å². The molecule has 0 aliphatic rings. The second-order valence-corrected chi connectivity index (χ2v) is 4.91. The zero-order valence-electron chi connectivity index (χ0n) is 10.8. The van der Waals surface area contributed by atoms with E-state index >= 15 is 0 Å². The van der Waals surface area contributed by atoms with Gasteiger partial charge in [-0.3, -0.25) is 15.6 Å². The van der Waals surface area contributed by atoms with Gasteiger partial charge in [-0.15, -0.1) is 0 Å². The number of aromatic hydroxyl groups is 1. The molecule has 0 aliphatic carbocycles. The number of halogens is 1. The Hall–Kier alpha value is -2.31. The van der Waals surface area contributed by atoms with Gasteiger partial charge >= 0.3 is 0 Å². The number of benzene rings is 2. The van der Waals surface area contributed by atoms with E-state index in [1.54, 1.807) is 36.4 Å². The maximum Gasteiger partial charge on any atom is 0.273 e. The number of para-hydroxylation sites is 1. The lowest BCUT2D eigenvalue weighted by Crippen LogP contribution is -2.43. The number of thiocarbonyl (C=S) groups is 1. The predicted octanol–water partition coefficient (Wildman–Crippen LogP) is 2.68. The van der Waals surface area contributed by atoms with Crippen molar-refractivity contribution in [1.29, 1.82) is 0 Å². The fourth-order valence-electron chi connectivity index (χ4n) is 1.58. The third-order valence-electron chi connectivity index (χ3n) is 2.52. The topological polar surface area (TPSA) is 73.4 Å². The molecule has 0 unspecified atom stereocenters. The molecule has 0 spiro atoms. The van der Waals surface area contributed by atoms with Crippen LogP contribution in [0, 0.1) is 0 Å². The van der Waals surface area contributed by atoms with Crippen molar-refractivity contribution in [3.05, 3.63) is 59.1 Å². The Bertz CT molecular complexity index is 679. The van der Waals surface area contributed by atoms with Crippen LogP contribution in [0.5, 0.6) is 5.75 Å². The minimum Gasteiger partial charge on any atom is -0.507 e. The summed E-state index contributed by atoms with van der Waals surface area (Å²) in [5.41, 5.74) is 5.77. The van der Waals surface area contributed by atoms with Crippen molar-refractivity contribution in [2.75, 3.05) is 5.32 Å². The highest BCUT2D eigenvalue weighted by Crippen LogP contribution is 2.15. The number of anilines is 1. The summed E-state index contributed by atoms with van der Waals surface area (Å²) >= 11 is 10.9. The van der Waals surface area contributed by atoms with Crippen molar-refractivity contribution in [2.45, 2.75) is 0 Å². The summed E-state index contributed by atoms with van der Waals surface area (Å²) < 4.78 is 0. The van der Waals surface area contributed by atoms with E-state index < -0.39 is 5.91 Å². The normalized spacial score (nSPS) is 9.76. The molecule has 2 aromatic rings. The summed E-state index contributed by atoms with van der Waals surface area (Å²) in [4.78, 5) is 11.8. The van der Waals surface area contributed by atoms with Crippen LogP contribution in [0.1, 0.15) is 10.4 Å². The smallest absolute Gasteiger partial charge is 0.273 e. The van der Waals surface area contributed by atoms with Crippen LogP contribution < -0.4 is 16.2 Å².